The number of aliphatic hydroxyl groups is 1. The highest BCUT2D eigenvalue weighted by atomic mass is 19.1. The molecule has 3 amide bonds. The van der Waals surface area contributed by atoms with E-state index in [2.05, 4.69) is 10.6 Å². The Morgan fingerprint density at radius 3 is 2.60 bits per heavy atom. The number of urea groups is 1. The molecule has 0 bridgehead atoms. The summed E-state index contributed by atoms with van der Waals surface area (Å²) in [5, 5.41) is 15.4. The molecule has 0 radical (unpaired) electrons. The molecule has 0 unspecified atom stereocenters. The van der Waals surface area contributed by atoms with Crippen LogP contribution < -0.4 is 10.6 Å². The van der Waals surface area contributed by atoms with E-state index >= 15 is 0 Å². The van der Waals surface area contributed by atoms with Crippen molar-refractivity contribution < 1.29 is 19.1 Å². The third-order valence-corrected chi connectivity index (χ3v) is 4.33. The third kappa shape index (κ3) is 5.70. The minimum absolute atomic E-state index is 0.0000327. The Hall–Kier alpha value is -2.15. The summed E-state index contributed by atoms with van der Waals surface area (Å²) < 4.78 is 13.1. The van der Waals surface area contributed by atoms with Crippen LogP contribution in [0.3, 0.4) is 0 Å². The minimum atomic E-state index is -0.966. The van der Waals surface area contributed by atoms with Crippen molar-refractivity contribution in [2.45, 2.75) is 38.8 Å². The number of hydrogen-bond acceptors (Lipinski definition) is 3. The molecule has 7 heteroatoms. The van der Waals surface area contributed by atoms with Gasteiger partial charge in [0.05, 0.1) is 6.10 Å². The van der Waals surface area contributed by atoms with E-state index in [1.165, 1.54) is 18.2 Å². The Morgan fingerprint density at radius 1 is 1.32 bits per heavy atom. The van der Waals surface area contributed by atoms with Crippen LogP contribution in [0.15, 0.2) is 24.3 Å². The lowest BCUT2D eigenvalue weighted by atomic mass is 10.0. The van der Waals surface area contributed by atoms with E-state index in [1.54, 1.807) is 6.07 Å². The van der Waals surface area contributed by atoms with Crippen LogP contribution in [0, 0.1) is 11.7 Å². The van der Waals surface area contributed by atoms with E-state index in [0.717, 1.165) is 0 Å². The maximum absolute atomic E-state index is 13.1. The first kappa shape index (κ1) is 19.2. The molecule has 0 aromatic heterocycles. The summed E-state index contributed by atoms with van der Waals surface area (Å²) in [7, 11) is 0. The Kier molecular flexibility index (Phi) is 6.75. The average Bonchev–Trinajstić information content (AvgIpc) is 2.59. The molecule has 1 atom stereocenters. The van der Waals surface area contributed by atoms with Gasteiger partial charge >= 0.3 is 6.03 Å². The maximum Gasteiger partial charge on any atom is 0.315 e. The zero-order valence-electron chi connectivity index (χ0n) is 14.7. The van der Waals surface area contributed by atoms with Crippen molar-refractivity contribution in [3.8, 4) is 0 Å². The molecule has 1 aliphatic heterocycles. The molecule has 1 heterocycles. The molecule has 0 saturated carbocycles. The SMILES string of the molecule is CC(C)C(=O)N1CCC(NC(=O)NC[C@H](O)c2cccc(F)c2)CC1. The van der Waals surface area contributed by atoms with Crippen LogP contribution >= 0.6 is 0 Å². The standard InChI is InChI=1S/C18H26FN3O3/c1-12(2)17(24)22-8-6-15(7-9-22)21-18(25)20-11-16(23)13-4-3-5-14(19)10-13/h3-5,10,12,15-16,23H,6-9,11H2,1-2H3,(H2,20,21,25)/t16-/m0/s1. The molecular formula is C18H26FN3O3. The highest BCUT2D eigenvalue weighted by Crippen LogP contribution is 2.14. The number of carbonyl (C=O) groups excluding carboxylic acids is 2. The summed E-state index contributed by atoms with van der Waals surface area (Å²) in [4.78, 5) is 25.7. The molecule has 138 valence electrons. The van der Waals surface area contributed by atoms with E-state index in [0.29, 0.717) is 31.5 Å². The van der Waals surface area contributed by atoms with E-state index in [9.17, 15) is 19.1 Å². The molecule has 1 aromatic carbocycles. The van der Waals surface area contributed by atoms with Gasteiger partial charge in [-0.15, -0.1) is 0 Å². The van der Waals surface area contributed by atoms with Gasteiger partial charge in [-0.1, -0.05) is 26.0 Å². The number of aliphatic hydroxyl groups excluding tert-OH is 1. The van der Waals surface area contributed by atoms with Crippen molar-refractivity contribution in [2.24, 2.45) is 5.92 Å². The lowest BCUT2D eigenvalue weighted by Gasteiger charge is -2.33. The fourth-order valence-corrected chi connectivity index (χ4v) is 2.87. The number of amides is 3. The summed E-state index contributed by atoms with van der Waals surface area (Å²) in [6, 6.07) is 5.29. The van der Waals surface area contributed by atoms with Crippen molar-refractivity contribution in [3.63, 3.8) is 0 Å². The Labute approximate surface area is 147 Å². The Morgan fingerprint density at radius 2 is 2.00 bits per heavy atom. The van der Waals surface area contributed by atoms with Gasteiger partial charge in [0, 0.05) is 31.6 Å². The number of nitrogens with zero attached hydrogens (tertiary/aromatic N) is 1. The van der Waals surface area contributed by atoms with Gasteiger partial charge in [-0.25, -0.2) is 9.18 Å². The summed E-state index contributed by atoms with van der Waals surface area (Å²) in [6.45, 7) is 5.02. The number of piperidine rings is 1. The van der Waals surface area contributed by atoms with Crippen LogP contribution in [0.2, 0.25) is 0 Å². The van der Waals surface area contributed by atoms with Gasteiger partial charge in [0.15, 0.2) is 0 Å². The van der Waals surface area contributed by atoms with Gasteiger partial charge in [-0.05, 0) is 30.5 Å². The van der Waals surface area contributed by atoms with Gasteiger partial charge in [0.1, 0.15) is 5.82 Å². The summed E-state index contributed by atoms with van der Waals surface area (Å²) in [5.41, 5.74) is 0.417. The van der Waals surface area contributed by atoms with Gasteiger partial charge < -0.3 is 20.6 Å². The number of nitrogens with one attached hydrogen (secondary N) is 2. The molecule has 25 heavy (non-hydrogen) atoms. The maximum atomic E-state index is 13.1. The summed E-state index contributed by atoms with van der Waals surface area (Å²) >= 11 is 0. The number of halogens is 1. The molecule has 1 aromatic rings. The molecule has 1 fully saturated rings. The second kappa shape index (κ2) is 8.80. The van der Waals surface area contributed by atoms with Crippen LogP contribution in [0.5, 0.6) is 0 Å². The van der Waals surface area contributed by atoms with Crippen LogP contribution in [0.4, 0.5) is 9.18 Å². The second-order valence-electron chi connectivity index (χ2n) is 6.68. The largest absolute Gasteiger partial charge is 0.387 e. The number of hydrogen-bond donors (Lipinski definition) is 3. The van der Waals surface area contributed by atoms with Gasteiger partial charge in [-0.2, -0.15) is 0 Å². The lowest BCUT2D eigenvalue weighted by Crippen LogP contribution is -2.50. The highest BCUT2D eigenvalue weighted by Gasteiger charge is 2.25. The van der Waals surface area contributed by atoms with Gasteiger partial charge in [0.2, 0.25) is 5.91 Å². The van der Waals surface area contributed by atoms with Crippen molar-refractivity contribution in [2.75, 3.05) is 19.6 Å². The van der Waals surface area contributed by atoms with Crippen molar-refractivity contribution in [3.05, 3.63) is 35.6 Å². The number of rotatable bonds is 5. The number of benzene rings is 1. The quantitative estimate of drug-likeness (QED) is 0.757. The molecule has 2 rings (SSSR count). The fraction of sp³-hybridized carbons (Fsp3) is 0.556. The average molecular weight is 351 g/mol. The zero-order valence-corrected chi connectivity index (χ0v) is 14.7. The first-order valence-electron chi connectivity index (χ1n) is 8.63. The Balaban J connectivity index is 1.72. The lowest BCUT2D eigenvalue weighted by molar-refractivity contribution is -0.135. The minimum Gasteiger partial charge on any atom is -0.387 e. The monoisotopic (exact) mass is 351 g/mol. The highest BCUT2D eigenvalue weighted by molar-refractivity contribution is 5.78. The summed E-state index contributed by atoms with van der Waals surface area (Å²) in [6.07, 6.45) is 0.448. The van der Waals surface area contributed by atoms with E-state index in [4.69, 9.17) is 0 Å². The molecule has 0 spiro atoms. The van der Waals surface area contributed by atoms with Gasteiger partial charge in [-0.3, -0.25) is 4.79 Å². The van der Waals surface area contributed by atoms with Gasteiger partial charge in [0.25, 0.3) is 0 Å². The molecule has 1 aliphatic rings. The fourth-order valence-electron chi connectivity index (χ4n) is 2.87. The van der Waals surface area contributed by atoms with Crippen LogP contribution in [0.1, 0.15) is 38.4 Å². The number of carbonyl (C=O) groups is 2. The van der Waals surface area contributed by atoms with Crippen molar-refractivity contribution >= 4 is 11.9 Å². The van der Waals surface area contributed by atoms with E-state index in [1.807, 2.05) is 18.7 Å². The third-order valence-electron chi connectivity index (χ3n) is 4.33. The molecule has 0 aliphatic carbocycles. The van der Waals surface area contributed by atoms with Crippen molar-refractivity contribution in [1.82, 2.24) is 15.5 Å². The molecular weight excluding hydrogens is 325 g/mol. The molecule has 1 saturated heterocycles. The predicted molar refractivity (Wildman–Crippen MR) is 92.3 cm³/mol. The van der Waals surface area contributed by atoms with Crippen molar-refractivity contribution in [1.29, 1.82) is 0 Å². The predicted octanol–water partition coefficient (Wildman–Crippen LogP) is 1.81. The first-order valence-corrected chi connectivity index (χ1v) is 8.63. The van der Waals surface area contributed by atoms with Crippen LogP contribution in [-0.2, 0) is 4.79 Å². The topological polar surface area (TPSA) is 81.7 Å². The van der Waals surface area contributed by atoms with Crippen LogP contribution in [-0.4, -0.2) is 47.6 Å². The molecule has 3 N–H and O–H groups in total. The smallest absolute Gasteiger partial charge is 0.315 e. The normalized spacial score (nSPS) is 16.6. The first-order chi connectivity index (χ1) is 11.9. The Bertz CT molecular complexity index is 601. The summed E-state index contributed by atoms with van der Waals surface area (Å²) in [5.74, 6) is -0.304. The van der Waals surface area contributed by atoms with E-state index < -0.39 is 11.9 Å². The zero-order chi connectivity index (χ0) is 18.4. The molecule has 6 nitrogen and oxygen atoms in total. The van der Waals surface area contributed by atoms with E-state index in [-0.39, 0.29) is 30.4 Å². The second-order valence-corrected chi connectivity index (χ2v) is 6.68. The van der Waals surface area contributed by atoms with Crippen LogP contribution in [0.25, 0.3) is 0 Å². The number of likely N-dealkylation sites (tertiary alicyclic amines) is 1.